The first-order chi connectivity index (χ1) is 20.1. The van der Waals surface area contributed by atoms with Gasteiger partial charge in [-0.05, 0) is 50.5 Å². The van der Waals surface area contributed by atoms with Crippen molar-refractivity contribution in [3.05, 3.63) is 70.9 Å². The van der Waals surface area contributed by atoms with Gasteiger partial charge in [-0.2, -0.15) is 0 Å². The van der Waals surface area contributed by atoms with Gasteiger partial charge in [-0.1, -0.05) is 30.3 Å². The predicted molar refractivity (Wildman–Crippen MR) is 167 cm³/mol. The van der Waals surface area contributed by atoms with Crippen molar-refractivity contribution in [1.82, 2.24) is 4.90 Å². The molecule has 210 valence electrons. The van der Waals surface area contributed by atoms with Crippen molar-refractivity contribution in [2.45, 2.75) is 32.2 Å². The highest BCUT2D eigenvalue weighted by Crippen LogP contribution is 2.42. The van der Waals surface area contributed by atoms with Crippen LogP contribution in [-0.2, 0) is 9.53 Å². The number of benzene rings is 3. The van der Waals surface area contributed by atoms with E-state index in [2.05, 4.69) is 45.4 Å². The minimum Gasteiger partial charge on any atom is -0.440 e. The summed E-state index contributed by atoms with van der Waals surface area (Å²) in [5.41, 5.74) is 3.37. The molecule has 2 aliphatic rings. The number of nitrogens with zero attached hydrogens (tertiary/aromatic N) is 2. The molecule has 5 aromatic rings. The topological polar surface area (TPSA) is 75.0 Å². The van der Waals surface area contributed by atoms with E-state index in [0.717, 1.165) is 76.0 Å². The Hall–Kier alpha value is -3.72. The lowest BCUT2D eigenvalue weighted by Gasteiger charge is -2.31. The van der Waals surface area contributed by atoms with E-state index in [4.69, 9.17) is 9.15 Å². The quantitative estimate of drug-likeness (QED) is 0.262. The van der Waals surface area contributed by atoms with Crippen molar-refractivity contribution >= 4 is 60.0 Å². The number of nitrogens with one attached hydrogen (secondary N) is 1. The molecule has 7 nitrogen and oxygen atoms in total. The zero-order valence-corrected chi connectivity index (χ0v) is 24.0. The molecule has 0 spiro atoms. The monoisotopic (exact) mass is 567 g/mol. The molecule has 0 saturated carbocycles. The molecule has 8 heteroatoms. The lowest BCUT2D eigenvalue weighted by molar-refractivity contribution is -0.122. The Morgan fingerprint density at radius 3 is 2.44 bits per heavy atom. The van der Waals surface area contributed by atoms with Gasteiger partial charge < -0.3 is 19.4 Å². The second-order valence-electron chi connectivity index (χ2n) is 11.0. The Kier molecular flexibility index (Phi) is 6.98. The van der Waals surface area contributed by atoms with Crippen LogP contribution < -0.4 is 15.6 Å². The Labute approximate surface area is 242 Å². The first kappa shape index (κ1) is 26.2. The number of morpholine rings is 1. The maximum atomic E-state index is 13.2. The molecule has 0 bridgehead atoms. The number of carbonyl (C=O) groups is 1. The molecule has 0 unspecified atom stereocenters. The van der Waals surface area contributed by atoms with E-state index in [1.54, 1.807) is 17.4 Å². The number of hydrogen-bond acceptors (Lipinski definition) is 7. The predicted octanol–water partition coefficient (Wildman–Crippen LogP) is 6.48. The molecule has 4 heterocycles. The first-order valence-corrected chi connectivity index (χ1v) is 15.3. The van der Waals surface area contributed by atoms with Gasteiger partial charge in [0.2, 0.25) is 5.91 Å². The van der Waals surface area contributed by atoms with Gasteiger partial charge in [-0.15, -0.1) is 11.3 Å². The molecular weight excluding hydrogens is 534 g/mol. The molecule has 0 aliphatic carbocycles. The second kappa shape index (κ2) is 10.9. The fourth-order valence-electron chi connectivity index (χ4n) is 6.11. The molecule has 41 heavy (non-hydrogen) atoms. The Balaban J connectivity index is 1.27. The van der Waals surface area contributed by atoms with E-state index in [9.17, 15) is 9.59 Å². The van der Waals surface area contributed by atoms with Gasteiger partial charge in [0.1, 0.15) is 5.58 Å². The molecule has 1 atom stereocenters. The smallest absolute Gasteiger partial charge is 0.241 e. The fourth-order valence-corrected chi connectivity index (χ4v) is 7.32. The van der Waals surface area contributed by atoms with Gasteiger partial charge in [0.25, 0.3) is 0 Å². The first-order valence-electron chi connectivity index (χ1n) is 14.5. The number of carbonyl (C=O) groups excluding carboxylic acids is 1. The Morgan fingerprint density at radius 2 is 1.63 bits per heavy atom. The van der Waals surface area contributed by atoms with E-state index in [-0.39, 0.29) is 17.4 Å². The van der Waals surface area contributed by atoms with Crippen LogP contribution >= 0.6 is 11.3 Å². The van der Waals surface area contributed by atoms with Crippen LogP contribution in [0.3, 0.4) is 0 Å². The van der Waals surface area contributed by atoms with Gasteiger partial charge in [-0.25, -0.2) is 0 Å². The highest BCUT2D eigenvalue weighted by Gasteiger charge is 2.24. The van der Waals surface area contributed by atoms with E-state index in [1.807, 2.05) is 31.2 Å². The molecule has 0 radical (unpaired) electrons. The summed E-state index contributed by atoms with van der Waals surface area (Å²) in [6.45, 7) is 6.61. The zero-order chi connectivity index (χ0) is 27.9. The average molecular weight is 568 g/mol. The van der Waals surface area contributed by atoms with E-state index in [1.165, 1.54) is 6.42 Å². The SMILES string of the molecule is C[C@@H](C(=O)Nc1ccc2sc3c(-c4cccc5c(=O)cc(N6CCCCC6)oc45)cccc3c2c1)N1CCOCC1. The van der Waals surface area contributed by atoms with Gasteiger partial charge in [-0.3, -0.25) is 14.5 Å². The number of piperidine rings is 1. The van der Waals surface area contributed by atoms with Gasteiger partial charge in [0, 0.05) is 69.2 Å². The van der Waals surface area contributed by atoms with Crippen LogP contribution in [0.4, 0.5) is 11.6 Å². The van der Waals surface area contributed by atoms with E-state index in [0.29, 0.717) is 30.1 Å². The summed E-state index contributed by atoms with van der Waals surface area (Å²) in [5.74, 6) is 0.645. The summed E-state index contributed by atoms with van der Waals surface area (Å²) in [6, 6.07) is 19.7. The van der Waals surface area contributed by atoms with Crippen LogP contribution in [0.2, 0.25) is 0 Å². The number of fused-ring (bicyclic) bond motifs is 4. The highest BCUT2D eigenvalue weighted by molar-refractivity contribution is 7.26. The van der Waals surface area contributed by atoms with E-state index >= 15 is 0 Å². The van der Waals surface area contributed by atoms with Crippen molar-refractivity contribution in [1.29, 1.82) is 0 Å². The molecule has 7 rings (SSSR count). The number of hydrogen-bond donors (Lipinski definition) is 1. The number of ether oxygens (including phenoxy) is 1. The van der Waals surface area contributed by atoms with Crippen LogP contribution in [0.1, 0.15) is 26.2 Å². The van der Waals surface area contributed by atoms with Crippen molar-refractivity contribution in [3.8, 4) is 11.1 Å². The molecule has 1 N–H and O–H groups in total. The van der Waals surface area contributed by atoms with Gasteiger partial charge in [0.05, 0.1) is 24.6 Å². The Morgan fingerprint density at radius 1 is 0.878 bits per heavy atom. The number of para-hydroxylation sites is 1. The summed E-state index contributed by atoms with van der Waals surface area (Å²) >= 11 is 1.72. The third kappa shape index (κ3) is 4.90. The van der Waals surface area contributed by atoms with Crippen LogP contribution in [0.5, 0.6) is 0 Å². The average Bonchev–Trinajstić information content (AvgIpc) is 3.39. The zero-order valence-electron chi connectivity index (χ0n) is 23.2. The third-order valence-electron chi connectivity index (χ3n) is 8.44. The minimum absolute atomic E-state index is 0.0103. The van der Waals surface area contributed by atoms with Gasteiger partial charge in [0.15, 0.2) is 11.3 Å². The third-order valence-corrected chi connectivity index (χ3v) is 9.66. The van der Waals surface area contributed by atoms with Crippen LogP contribution in [0, 0.1) is 0 Å². The van der Waals surface area contributed by atoms with Crippen molar-refractivity contribution in [2.75, 3.05) is 49.6 Å². The molecule has 2 fully saturated rings. The lowest BCUT2D eigenvalue weighted by atomic mass is 10.0. The number of rotatable bonds is 5. The minimum atomic E-state index is -0.226. The lowest BCUT2D eigenvalue weighted by Crippen LogP contribution is -2.47. The van der Waals surface area contributed by atoms with Crippen molar-refractivity contribution < 1.29 is 13.9 Å². The summed E-state index contributed by atoms with van der Waals surface area (Å²) < 4.78 is 14.2. The molecule has 2 saturated heterocycles. The number of anilines is 2. The van der Waals surface area contributed by atoms with E-state index < -0.39 is 0 Å². The fraction of sp³-hybridized carbons (Fsp3) is 0.333. The number of thiophene rings is 1. The van der Waals surface area contributed by atoms with Crippen LogP contribution in [0.15, 0.2) is 69.9 Å². The normalized spacial score (nSPS) is 17.3. The molecular formula is C33H33N3O4S. The highest BCUT2D eigenvalue weighted by atomic mass is 32.1. The standard InChI is InChI=1S/C33H33N3O4S/c1-21(35-15-17-39-18-16-35)33(38)34-22-11-12-29-27(19-22)25-9-6-8-24(32(25)41-29)23-7-5-10-26-28(37)20-30(40-31(23)26)36-13-3-2-4-14-36/h5-12,19-21H,2-4,13-18H2,1H3,(H,34,38)/t21-/m0/s1. The summed E-state index contributed by atoms with van der Waals surface area (Å²) in [4.78, 5) is 30.6. The Bertz CT molecular complexity index is 1810. The maximum absolute atomic E-state index is 13.2. The molecule has 2 aliphatic heterocycles. The summed E-state index contributed by atoms with van der Waals surface area (Å²) in [6.07, 6.45) is 3.43. The molecule has 3 aromatic carbocycles. The summed E-state index contributed by atoms with van der Waals surface area (Å²) in [5, 5.41) is 5.94. The maximum Gasteiger partial charge on any atom is 0.241 e. The van der Waals surface area contributed by atoms with Crippen molar-refractivity contribution in [2.24, 2.45) is 0 Å². The van der Waals surface area contributed by atoms with Crippen molar-refractivity contribution in [3.63, 3.8) is 0 Å². The second-order valence-corrected chi connectivity index (χ2v) is 12.0. The molecule has 1 amide bonds. The van der Waals surface area contributed by atoms with Gasteiger partial charge >= 0.3 is 0 Å². The van der Waals surface area contributed by atoms with Crippen LogP contribution in [-0.4, -0.2) is 56.2 Å². The van der Waals surface area contributed by atoms with Crippen LogP contribution in [0.25, 0.3) is 42.3 Å². The largest absolute Gasteiger partial charge is 0.440 e. The number of amides is 1. The summed E-state index contributed by atoms with van der Waals surface area (Å²) in [7, 11) is 0. The molecule has 2 aromatic heterocycles.